The van der Waals surface area contributed by atoms with E-state index in [1.807, 2.05) is 7.05 Å². The number of piperidine rings is 1. The summed E-state index contributed by atoms with van der Waals surface area (Å²) in [5.74, 6) is 1.69. The second-order valence-electron chi connectivity index (χ2n) is 8.25. The van der Waals surface area contributed by atoms with Crippen LogP contribution in [0.3, 0.4) is 0 Å². The summed E-state index contributed by atoms with van der Waals surface area (Å²) < 4.78 is 11.3. The molecule has 2 aliphatic rings. The van der Waals surface area contributed by atoms with Crippen LogP contribution >= 0.6 is 0 Å². The number of anilines is 1. The van der Waals surface area contributed by atoms with Crippen LogP contribution in [0.5, 0.6) is 0 Å². The summed E-state index contributed by atoms with van der Waals surface area (Å²) in [6.07, 6.45) is 6.15. The first-order valence-electron chi connectivity index (χ1n) is 11.2. The Morgan fingerprint density at radius 3 is 2.66 bits per heavy atom. The second kappa shape index (κ2) is 12.0. The van der Waals surface area contributed by atoms with Gasteiger partial charge < -0.3 is 25.0 Å². The Labute approximate surface area is 176 Å². The molecule has 29 heavy (non-hydrogen) atoms. The van der Waals surface area contributed by atoms with E-state index in [0.717, 1.165) is 64.1 Å². The van der Waals surface area contributed by atoms with Gasteiger partial charge in [-0.05, 0) is 55.7 Å². The van der Waals surface area contributed by atoms with E-state index in [9.17, 15) is 0 Å². The van der Waals surface area contributed by atoms with E-state index in [0.29, 0.717) is 6.10 Å². The van der Waals surface area contributed by atoms with Crippen LogP contribution in [-0.4, -0.2) is 58.6 Å². The van der Waals surface area contributed by atoms with Gasteiger partial charge in [0.25, 0.3) is 0 Å². The van der Waals surface area contributed by atoms with Gasteiger partial charge in [0.2, 0.25) is 0 Å². The van der Waals surface area contributed by atoms with E-state index in [2.05, 4.69) is 51.7 Å². The number of aliphatic imine (C=N–C) groups is 1. The minimum atomic E-state index is 0.308. The lowest BCUT2D eigenvalue weighted by Crippen LogP contribution is -2.37. The maximum Gasteiger partial charge on any atom is 0.191 e. The SMILES string of the molecule is CN=C(NCCCOCC1CCCO1)NCc1ccc(N2CCC(C)CC2)cc1. The fraction of sp³-hybridized carbons (Fsp3) is 0.696. The molecule has 1 unspecified atom stereocenters. The van der Waals surface area contributed by atoms with Crippen molar-refractivity contribution in [1.82, 2.24) is 10.6 Å². The maximum absolute atomic E-state index is 5.70. The summed E-state index contributed by atoms with van der Waals surface area (Å²) in [4.78, 5) is 6.81. The number of hydrogen-bond acceptors (Lipinski definition) is 4. The highest BCUT2D eigenvalue weighted by atomic mass is 16.5. The third-order valence-corrected chi connectivity index (χ3v) is 5.85. The lowest BCUT2D eigenvalue weighted by molar-refractivity contribution is 0.0168. The molecule has 0 spiro atoms. The van der Waals surface area contributed by atoms with Crippen molar-refractivity contribution in [3.8, 4) is 0 Å². The van der Waals surface area contributed by atoms with Crippen LogP contribution in [0.15, 0.2) is 29.3 Å². The van der Waals surface area contributed by atoms with Gasteiger partial charge in [-0.3, -0.25) is 4.99 Å². The van der Waals surface area contributed by atoms with Crippen LogP contribution < -0.4 is 15.5 Å². The normalized spacial score (nSPS) is 20.8. The zero-order chi connectivity index (χ0) is 20.3. The van der Waals surface area contributed by atoms with Crippen LogP contribution in [0.25, 0.3) is 0 Å². The summed E-state index contributed by atoms with van der Waals surface area (Å²) in [6.45, 7) is 8.67. The Bertz CT molecular complexity index is 606. The minimum Gasteiger partial charge on any atom is -0.379 e. The molecule has 162 valence electrons. The fourth-order valence-corrected chi connectivity index (χ4v) is 3.87. The molecule has 6 nitrogen and oxygen atoms in total. The highest BCUT2D eigenvalue weighted by Gasteiger charge is 2.16. The number of ether oxygens (including phenoxy) is 2. The van der Waals surface area contributed by atoms with Crippen LogP contribution in [0.1, 0.15) is 44.6 Å². The van der Waals surface area contributed by atoms with Crippen LogP contribution in [-0.2, 0) is 16.0 Å². The summed E-state index contributed by atoms with van der Waals surface area (Å²) in [6, 6.07) is 8.92. The van der Waals surface area contributed by atoms with Crippen molar-refractivity contribution in [2.45, 2.75) is 51.7 Å². The number of nitrogens with one attached hydrogen (secondary N) is 2. The van der Waals surface area contributed by atoms with Gasteiger partial charge in [-0.25, -0.2) is 0 Å². The van der Waals surface area contributed by atoms with Crippen LogP contribution in [0.4, 0.5) is 5.69 Å². The quantitative estimate of drug-likeness (QED) is 0.377. The van der Waals surface area contributed by atoms with Gasteiger partial charge in [-0.2, -0.15) is 0 Å². The van der Waals surface area contributed by atoms with Crippen molar-refractivity contribution in [1.29, 1.82) is 0 Å². The first kappa shape index (κ1) is 21.9. The standard InChI is InChI=1S/C23H38N4O2/c1-19-10-13-27(14-11-19)21-8-6-20(7-9-21)17-26-23(24-2)25-12-4-15-28-18-22-5-3-16-29-22/h6-9,19,22H,3-5,10-18H2,1-2H3,(H2,24,25,26). The van der Waals surface area contributed by atoms with Gasteiger partial charge >= 0.3 is 0 Å². The molecule has 0 saturated carbocycles. The lowest BCUT2D eigenvalue weighted by Gasteiger charge is -2.32. The molecule has 1 aromatic rings. The summed E-state index contributed by atoms with van der Waals surface area (Å²) in [5, 5.41) is 6.75. The Morgan fingerprint density at radius 2 is 1.97 bits per heavy atom. The van der Waals surface area contributed by atoms with E-state index in [4.69, 9.17) is 9.47 Å². The molecule has 6 heteroatoms. The van der Waals surface area contributed by atoms with Crippen molar-refractivity contribution in [2.24, 2.45) is 10.9 Å². The average Bonchev–Trinajstić information content (AvgIpc) is 3.27. The van der Waals surface area contributed by atoms with Crippen LogP contribution in [0, 0.1) is 5.92 Å². The van der Waals surface area contributed by atoms with E-state index in [1.54, 1.807) is 0 Å². The highest BCUT2D eigenvalue weighted by molar-refractivity contribution is 5.79. The molecule has 2 N–H and O–H groups in total. The zero-order valence-corrected chi connectivity index (χ0v) is 18.2. The molecule has 3 rings (SSSR count). The van der Waals surface area contributed by atoms with Crippen molar-refractivity contribution < 1.29 is 9.47 Å². The Kier molecular flexibility index (Phi) is 9.09. The monoisotopic (exact) mass is 402 g/mol. The van der Waals surface area contributed by atoms with Crippen LogP contribution in [0.2, 0.25) is 0 Å². The number of nitrogens with zero attached hydrogens (tertiary/aromatic N) is 2. The molecule has 0 bridgehead atoms. The van der Waals surface area contributed by atoms with Gasteiger partial charge in [0.05, 0.1) is 12.7 Å². The third kappa shape index (κ3) is 7.52. The molecule has 0 aliphatic carbocycles. The zero-order valence-electron chi connectivity index (χ0n) is 18.2. The van der Waals surface area contributed by atoms with Crippen molar-refractivity contribution >= 4 is 11.6 Å². The minimum absolute atomic E-state index is 0.308. The number of hydrogen-bond donors (Lipinski definition) is 2. The molecule has 0 radical (unpaired) electrons. The molecular weight excluding hydrogens is 364 g/mol. The van der Waals surface area contributed by atoms with Crippen molar-refractivity contribution in [3.05, 3.63) is 29.8 Å². The van der Waals surface area contributed by atoms with E-state index < -0.39 is 0 Å². The topological polar surface area (TPSA) is 58.1 Å². The molecule has 2 aliphatic heterocycles. The molecule has 0 aromatic heterocycles. The smallest absolute Gasteiger partial charge is 0.191 e. The van der Waals surface area contributed by atoms with Crippen molar-refractivity contribution in [3.63, 3.8) is 0 Å². The first-order valence-corrected chi connectivity index (χ1v) is 11.2. The summed E-state index contributed by atoms with van der Waals surface area (Å²) in [5.41, 5.74) is 2.60. The molecule has 1 atom stereocenters. The lowest BCUT2D eigenvalue weighted by atomic mass is 9.99. The van der Waals surface area contributed by atoms with Gasteiger partial charge in [-0.1, -0.05) is 19.1 Å². The van der Waals surface area contributed by atoms with E-state index in [-0.39, 0.29) is 0 Å². The summed E-state index contributed by atoms with van der Waals surface area (Å²) >= 11 is 0. The molecule has 2 heterocycles. The first-order chi connectivity index (χ1) is 14.2. The molecular formula is C23H38N4O2. The Balaban J connectivity index is 1.29. The van der Waals surface area contributed by atoms with Gasteiger partial charge in [-0.15, -0.1) is 0 Å². The van der Waals surface area contributed by atoms with Gasteiger partial charge in [0.1, 0.15) is 0 Å². The van der Waals surface area contributed by atoms with E-state index >= 15 is 0 Å². The Morgan fingerprint density at radius 1 is 1.17 bits per heavy atom. The largest absolute Gasteiger partial charge is 0.379 e. The number of rotatable bonds is 9. The molecule has 2 saturated heterocycles. The number of guanidine groups is 1. The van der Waals surface area contributed by atoms with Gasteiger partial charge in [0, 0.05) is 52.1 Å². The molecule has 2 fully saturated rings. The second-order valence-corrected chi connectivity index (χ2v) is 8.25. The summed E-state index contributed by atoms with van der Waals surface area (Å²) in [7, 11) is 1.81. The fourth-order valence-electron chi connectivity index (χ4n) is 3.87. The average molecular weight is 403 g/mol. The third-order valence-electron chi connectivity index (χ3n) is 5.85. The maximum atomic E-state index is 5.70. The van der Waals surface area contributed by atoms with Crippen molar-refractivity contribution in [2.75, 3.05) is 51.4 Å². The number of benzene rings is 1. The predicted octanol–water partition coefficient (Wildman–Crippen LogP) is 3.17. The van der Waals surface area contributed by atoms with Gasteiger partial charge in [0.15, 0.2) is 5.96 Å². The van der Waals surface area contributed by atoms with E-state index in [1.165, 1.54) is 37.2 Å². The molecule has 0 amide bonds. The predicted molar refractivity (Wildman–Crippen MR) is 120 cm³/mol. The Hall–Kier alpha value is -1.79. The highest BCUT2D eigenvalue weighted by Crippen LogP contribution is 2.23. The molecule has 1 aromatic carbocycles.